The fourth-order valence-electron chi connectivity index (χ4n) is 4.63. The van der Waals surface area contributed by atoms with Crippen LogP contribution in [-0.2, 0) is 4.79 Å². The highest BCUT2D eigenvalue weighted by atomic mass is 32.2. The fraction of sp³-hybridized carbons (Fsp3) is 0.480. The van der Waals surface area contributed by atoms with Crippen molar-refractivity contribution in [2.45, 2.75) is 76.7 Å². The summed E-state index contributed by atoms with van der Waals surface area (Å²) in [4.78, 5) is 30.6. The number of nitro benzene ring substituents is 1. The Hall–Kier alpha value is -2.52. The van der Waals surface area contributed by atoms with E-state index in [1.165, 1.54) is 68.8 Å². The van der Waals surface area contributed by atoms with E-state index in [0.29, 0.717) is 14.9 Å². The summed E-state index contributed by atoms with van der Waals surface area (Å²) < 4.78 is 2.42. The zero-order valence-electron chi connectivity index (χ0n) is 19.2. The molecule has 0 N–H and O–H groups in total. The van der Waals surface area contributed by atoms with Gasteiger partial charge in [0.1, 0.15) is 4.32 Å². The zero-order valence-corrected chi connectivity index (χ0v) is 20.9. The topological polar surface area (TPSA) is 81.3 Å². The number of thioether (sulfide) groups is 1. The number of amides is 1. The lowest BCUT2D eigenvalue weighted by Gasteiger charge is -2.27. The van der Waals surface area contributed by atoms with Crippen LogP contribution in [0.15, 0.2) is 41.7 Å². The van der Waals surface area contributed by atoms with Gasteiger partial charge in [-0.25, -0.2) is 4.98 Å². The number of hydrogen-bond acceptors (Lipinski definition) is 6. The Morgan fingerprint density at radius 3 is 2.18 bits per heavy atom. The number of carbonyl (C=O) groups is 1. The highest BCUT2D eigenvalue weighted by molar-refractivity contribution is 8.26. The van der Waals surface area contributed by atoms with Gasteiger partial charge in [-0.15, -0.1) is 0 Å². The molecule has 2 aliphatic rings. The summed E-state index contributed by atoms with van der Waals surface area (Å²) in [5.74, 6) is -0.0167. The van der Waals surface area contributed by atoms with E-state index >= 15 is 0 Å². The minimum Gasteiger partial charge on any atom is -0.306 e. The van der Waals surface area contributed by atoms with Gasteiger partial charge in [0, 0.05) is 30.1 Å². The summed E-state index contributed by atoms with van der Waals surface area (Å²) in [7, 11) is 0. The number of imidazole rings is 1. The maximum absolute atomic E-state index is 13.3. The molecule has 1 saturated carbocycles. The van der Waals surface area contributed by atoms with E-state index < -0.39 is 4.92 Å². The number of hydrogen-bond donors (Lipinski definition) is 0. The van der Waals surface area contributed by atoms with Gasteiger partial charge >= 0.3 is 0 Å². The lowest BCUT2D eigenvalue weighted by Crippen LogP contribution is -2.38. The van der Waals surface area contributed by atoms with Crippen LogP contribution in [0.3, 0.4) is 0 Å². The first-order valence-corrected chi connectivity index (χ1v) is 13.3. The first kappa shape index (κ1) is 24.6. The van der Waals surface area contributed by atoms with E-state index in [1.54, 1.807) is 29.1 Å². The predicted molar refractivity (Wildman–Crippen MR) is 140 cm³/mol. The number of non-ortho nitro benzene ring substituents is 1. The lowest BCUT2D eigenvalue weighted by molar-refractivity contribution is -0.384. The molecule has 0 radical (unpaired) electrons. The predicted octanol–water partition coefficient (Wildman–Crippen LogP) is 6.66. The van der Waals surface area contributed by atoms with E-state index in [4.69, 9.17) is 12.2 Å². The summed E-state index contributed by atoms with van der Waals surface area (Å²) in [6.07, 6.45) is 18.5. The van der Waals surface area contributed by atoms with Crippen LogP contribution < -0.4 is 0 Å². The first-order chi connectivity index (χ1) is 16.5. The van der Waals surface area contributed by atoms with Gasteiger partial charge < -0.3 is 4.57 Å². The third kappa shape index (κ3) is 6.13. The molecule has 1 aliphatic heterocycles. The SMILES string of the molecule is O=C1/C(=C/c2cn(-c3ccc([N+](=O)[O-])cc3)cn2)SC(=S)N1C1CCCCCCCCCCC1. The Labute approximate surface area is 209 Å². The van der Waals surface area contributed by atoms with Crippen molar-refractivity contribution in [3.63, 3.8) is 0 Å². The monoisotopic (exact) mass is 498 g/mol. The number of aromatic nitrogens is 2. The number of carbonyl (C=O) groups excluding carboxylic acids is 1. The quantitative estimate of drug-likeness (QED) is 0.203. The molecule has 0 spiro atoms. The smallest absolute Gasteiger partial charge is 0.269 e. The van der Waals surface area contributed by atoms with Gasteiger partial charge in [0.05, 0.1) is 21.8 Å². The molecule has 9 heteroatoms. The standard InChI is InChI=1S/C25H30N4O3S2/c30-24-23(16-19-17-27(18-26-19)20-12-14-22(15-13-20)29(31)32)34-25(33)28(24)21-10-8-6-4-2-1-3-5-7-9-11-21/h12-18,21H,1-11H2/b23-16-. The Balaban J connectivity index is 1.46. The molecule has 2 aromatic rings. The maximum atomic E-state index is 13.3. The molecule has 0 unspecified atom stereocenters. The highest BCUT2D eigenvalue weighted by Crippen LogP contribution is 2.36. The van der Waals surface area contributed by atoms with Crippen molar-refractivity contribution < 1.29 is 9.72 Å². The maximum Gasteiger partial charge on any atom is 0.269 e. The van der Waals surface area contributed by atoms with Crippen molar-refractivity contribution in [1.82, 2.24) is 14.5 Å². The Morgan fingerprint density at radius 2 is 1.59 bits per heavy atom. The van der Waals surface area contributed by atoms with Crippen LogP contribution in [0.4, 0.5) is 5.69 Å². The molecular formula is C25H30N4O3S2. The van der Waals surface area contributed by atoms with Crippen LogP contribution in [0.5, 0.6) is 0 Å². The van der Waals surface area contributed by atoms with E-state index in [9.17, 15) is 14.9 Å². The fourth-order valence-corrected chi connectivity index (χ4v) is 6.01. The molecular weight excluding hydrogens is 468 g/mol. The zero-order chi connectivity index (χ0) is 23.9. The van der Waals surface area contributed by atoms with Gasteiger partial charge in [0.25, 0.3) is 11.6 Å². The number of thiocarbonyl (C=S) groups is 1. The average Bonchev–Trinajstić information content (AvgIpc) is 3.39. The number of benzene rings is 1. The van der Waals surface area contributed by atoms with E-state index in [2.05, 4.69) is 4.98 Å². The van der Waals surface area contributed by atoms with Gasteiger partial charge in [-0.3, -0.25) is 19.8 Å². The van der Waals surface area contributed by atoms with Gasteiger partial charge in [-0.05, 0) is 31.1 Å². The second-order valence-corrected chi connectivity index (χ2v) is 10.6. The normalized spacial score (nSPS) is 20.4. The molecule has 2 heterocycles. The molecule has 1 aromatic carbocycles. The highest BCUT2D eigenvalue weighted by Gasteiger charge is 2.36. The molecule has 0 atom stereocenters. The van der Waals surface area contributed by atoms with Crippen molar-refractivity contribution in [1.29, 1.82) is 0 Å². The molecule has 1 aromatic heterocycles. The van der Waals surface area contributed by atoms with Gasteiger partial charge in [0.15, 0.2) is 0 Å². The summed E-state index contributed by atoms with van der Waals surface area (Å²) in [6, 6.07) is 6.45. The van der Waals surface area contributed by atoms with Crippen LogP contribution in [0.1, 0.15) is 76.3 Å². The van der Waals surface area contributed by atoms with Gasteiger partial charge in [-0.1, -0.05) is 81.8 Å². The van der Waals surface area contributed by atoms with Crippen LogP contribution in [0.25, 0.3) is 11.8 Å². The van der Waals surface area contributed by atoms with E-state index in [0.717, 1.165) is 31.4 Å². The second-order valence-electron chi connectivity index (χ2n) is 8.94. The molecule has 1 aliphatic carbocycles. The van der Waals surface area contributed by atoms with Crippen LogP contribution in [0, 0.1) is 10.1 Å². The number of nitrogens with zero attached hydrogens (tertiary/aromatic N) is 4. The molecule has 4 rings (SSSR count). The lowest BCUT2D eigenvalue weighted by atomic mass is 9.97. The minimum absolute atomic E-state index is 0.0167. The van der Waals surface area contributed by atoms with Crippen molar-refractivity contribution in [3.8, 4) is 5.69 Å². The van der Waals surface area contributed by atoms with E-state index in [-0.39, 0.29) is 17.6 Å². The summed E-state index contributed by atoms with van der Waals surface area (Å²) in [5.41, 5.74) is 1.45. The molecule has 7 nitrogen and oxygen atoms in total. The third-order valence-corrected chi connectivity index (χ3v) is 7.83. The molecule has 1 saturated heterocycles. The molecule has 0 bridgehead atoms. The molecule has 1 amide bonds. The van der Waals surface area contributed by atoms with Crippen LogP contribution in [0.2, 0.25) is 0 Å². The molecule has 34 heavy (non-hydrogen) atoms. The van der Waals surface area contributed by atoms with Gasteiger partial charge in [-0.2, -0.15) is 0 Å². The Bertz CT molecular complexity index is 1050. The Morgan fingerprint density at radius 1 is 1.00 bits per heavy atom. The second kappa shape index (κ2) is 11.8. The third-order valence-electron chi connectivity index (χ3n) is 6.50. The van der Waals surface area contributed by atoms with Crippen molar-refractivity contribution in [2.75, 3.05) is 0 Å². The summed E-state index contributed by atoms with van der Waals surface area (Å²) in [5, 5.41) is 10.9. The van der Waals surface area contributed by atoms with Crippen molar-refractivity contribution in [3.05, 3.63) is 57.5 Å². The van der Waals surface area contributed by atoms with Gasteiger partial charge in [0.2, 0.25) is 0 Å². The van der Waals surface area contributed by atoms with Crippen molar-refractivity contribution >= 4 is 46.0 Å². The molecule has 2 fully saturated rings. The number of rotatable bonds is 4. The first-order valence-electron chi connectivity index (χ1n) is 12.1. The largest absolute Gasteiger partial charge is 0.306 e. The number of nitro groups is 1. The minimum atomic E-state index is -0.423. The summed E-state index contributed by atoms with van der Waals surface area (Å²) >= 11 is 6.99. The van der Waals surface area contributed by atoms with Crippen LogP contribution >= 0.6 is 24.0 Å². The molecule has 180 valence electrons. The Kier molecular flexibility index (Phi) is 8.50. The van der Waals surface area contributed by atoms with Crippen molar-refractivity contribution in [2.24, 2.45) is 0 Å². The summed E-state index contributed by atoms with van der Waals surface area (Å²) in [6.45, 7) is 0. The average molecular weight is 499 g/mol. The van der Waals surface area contributed by atoms with E-state index in [1.807, 2.05) is 11.1 Å². The van der Waals surface area contributed by atoms with Crippen LogP contribution in [-0.4, -0.2) is 35.6 Å².